The number of anilines is 1. The van der Waals surface area contributed by atoms with Crippen LogP contribution in [-0.4, -0.2) is 38.3 Å². The van der Waals surface area contributed by atoms with Crippen LogP contribution in [0.5, 0.6) is 5.75 Å². The zero-order valence-corrected chi connectivity index (χ0v) is 21.6. The lowest BCUT2D eigenvalue weighted by molar-refractivity contribution is 0.317. The summed E-state index contributed by atoms with van der Waals surface area (Å²) in [4.78, 5) is -0.323. The van der Waals surface area contributed by atoms with Gasteiger partial charge in [-0.25, -0.2) is 0 Å². The van der Waals surface area contributed by atoms with Gasteiger partial charge in [-0.1, -0.05) is 6.07 Å². The van der Waals surface area contributed by atoms with Gasteiger partial charge in [-0.15, -0.1) is 5.11 Å². The first kappa shape index (κ1) is 27.9. The van der Waals surface area contributed by atoms with Crippen LogP contribution in [-0.2, 0) is 20.2 Å². The largest absolute Gasteiger partial charge is 0.491 e. The Morgan fingerprint density at radius 3 is 2.16 bits per heavy atom. The van der Waals surface area contributed by atoms with Crippen molar-refractivity contribution in [3.05, 3.63) is 65.7 Å². The average molecular weight is 548 g/mol. The molecule has 0 unspecified atom stereocenters. The molecule has 0 bridgehead atoms. The van der Waals surface area contributed by atoms with Crippen molar-refractivity contribution in [1.29, 1.82) is 0 Å². The summed E-state index contributed by atoms with van der Waals surface area (Å²) >= 11 is 0. The average Bonchev–Trinajstić information content (AvgIpc) is 2.81. The smallest absolute Gasteiger partial charge is 0.294 e. The Morgan fingerprint density at radius 2 is 1.49 bits per heavy atom. The summed E-state index contributed by atoms with van der Waals surface area (Å²) in [5, 5.41) is 16.6. The van der Waals surface area contributed by atoms with Crippen molar-refractivity contribution in [2.24, 2.45) is 20.5 Å². The number of hydrogen-bond donors (Lipinski definition) is 3. The molecular formula is C23H25N5O7S2. The summed E-state index contributed by atoms with van der Waals surface area (Å²) in [6.45, 7) is 3.65. The lowest BCUT2D eigenvalue weighted by atomic mass is 10.1. The molecule has 37 heavy (non-hydrogen) atoms. The van der Waals surface area contributed by atoms with Crippen LogP contribution in [0.1, 0.15) is 17.5 Å². The van der Waals surface area contributed by atoms with Crippen LogP contribution in [0.15, 0.2) is 79.9 Å². The molecule has 3 aromatic carbocycles. The van der Waals surface area contributed by atoms with Gasteiger partial charge in [0.1, 0.15) is 11.4 Å². The molecule has 0 fully saturated rings. The second-order valence-corrected chi connectivity index (χ2v) is 11.0. The quantitative estimate of drug-likeness (QED) is 0.126. The van der Waals surface area contributed by atoms with E-state index in [9.17, 15) is 21.4 Å². The molecule has 0 radical (unpaired) electrons. The molecular weight excluding hydrogens is 522 g/mol. The molecule has 3 aromatic rings. The number of azo groups is 2. The summed E-state index contributed by atoms with van der Waals surface area (Å²) in [5.74, 6) is -0.246. The third kappa shape index (κ3) is 8.42. The van der Waals surface area contributed by atoms with Crippen molar-refractivity contribution in [1.82, 2.24) is 0 Å². The van der Waals surface area contributed by atoms with Gasteiger partial charge in [0.25, 0.3) is 20.2 Å². The highest BCUT2D eigenvalue weighted by Gasteiger charge is 2.11. The highest BCUT2D eigenvalue weighted by atomic mass is 32.2. The molecule has 12 nitrogen and oxygen atoms in total. The van der Waals surface area contributed by atoms with Gasteiger partial charge in [-0.2, -0.15) is 32.2 Å². The number of ether oxygens (including phenoxy) is 1. The summed E-state index contributed by atoms with van der Waals surface area (Å²) in [6.07, 6.45) is 0.0276. The van der Waals surface area contributed by atoms with Gasteiger partial charge in [-0.3, -0.25) is 9.11 Å². The minimum Gasteiger partial charge on any atom is -0.491 e. The number of nitrogen functional groups attached to an aromatic ring is 1. The predicted molar refractivity (Wildman–Crippen MR) is 138 cm³/mol. The molecule has 0 spiro atoms. The number of aryl methyl sites for hydroxylation is 2. The van der Waals surface area contributed by atoms with E-state index >= 15 is 0 Å². The highest BCUT2D eigenvalue weighted by Crippen LogP contribution is 2.35. The Morgan fingerprint density at radius 1 is 0.811 bits per heavy atom. The number of nitrogens with two attached hydrogens (primary N) is 1. The first-order valence-electron chi connectivity index (χ1n) is 10.8. The van der Waals surface area contributed by atoms with E-state index in [4.69, 9.17) is 15.0 Å². The van der Waals surface area contributed by atoms with Gasteiger partial charge in [0.2, 0.25) is 0 Å². The topological polar surface area (TPSA) is 193 Å². The Kier molecular flexibility index (Phi) is 8.70. The fourth-order valence-electron chi connectivity index (χ4n) is 3.05. The van der Waals surface area contributed by atoms with Gasteiger partial charge in [0.05, 0.1) is 34.3 Å². The molecule has 0 aliphatic rings. The summed E-state index contributed by atoms with van der Waals surface area (Å²) in [6, 6.07) is 13.5. The molecule has 3 rings (SSSR count). The standard InChI is InChI=1S/C23H25N5O7S2/c1-15-12-22(16(2)11-20(15)24)28-27-21-8-7-18(14-23(21)35-9-4-10-36(29,30)31)26-25-17-5-3-6-19(13-17)37(32,33)34/h3,5-8,11-14H,4,9-10,24H2,1-2H3,(H,29,30,31)(H,32,33,34). The first-order valence-corrected chi connectivity index (χ1v) is 13.9. The minimum atomic E-state index is -4.39. The number of nitrogens with zero attached hydrogens (tertiary/aromatic N) is 4. The van der Waals surface area contributed by atoms with E-state index < -0.39 is 26.0 Å². The third-order valence-corrected chi connectivity index (χ3v) is 6.65. The Hall–Kier alpha value is -3.72. The number of hydrogen-bond acceptors (Lipinski definition) is 10. The normalized spacial score (nSPS) is 12.4. The maximum atomic E-state index is 11.3. The predicted octanol–water partition coefficient (Wildman–Crippen LogP) is 5.62. The Balaban J connectivity index is 1.89. The van der Waals surface area contributed by atoms with Crippen molar-refractivity contribution in [2.45, 2.75) is 25.2 Å². The summed E-state index contributed by atoms with van der Waals surface area (Å²) < 4.78 is 68.5. The molecule has 0 heterocycles. The second kappa shape index (κ2) is 11.6. The van der Waals surface area contributed by atoms with Gasteiger partial charge < -0.3 is 10.5 Å². The molecule has 0 saturated carbocycles. The van der Waals surface area contributed by atoms with E-state index in [2.05, 4.69) is 20.5 Å². The molecule has 0 aliphatic carbocycles. The van der Waals surface area contributed by atoms with Crippen molar-refractivity contribution >= 4 is 48.7 Å². The molecule has 0 aliphatic heterocycles. The van der Waals surface area contributed by atoms with E-state index in [0.717, 1.165) is 17.2 Å². The third-order valence-electron chi connectivity index (χ3n) is 4.99. The molecule has 0 saturated heterocycles. The molecule has 0 atom stereocenters. The molecule has 0 aromatic heterocycles. The van der Waals surface area contributed by atoms with Crippen LogP contribution >= 0.6 is 0 Å². The maximum Gasteiger partial charge on any atom is 0.294 e. The van der Waals surface area contributed by atoms with Crippen molar-refractivity contribution in [3.63, 3.8) is 0 Å². The highest BCUT2D eigenvalue weighted by molar-refractivity contribution is 7.86. The van der Waals surface area contributed by atoms with E-state index in [1.165, 1.54) is 24.3 Å². The van der Waals surface area contributed by atoms with Crippen molar-refractivity contribution in [2.75, 3.05) is 18.1 Å². The Bertz CT molecular complexity index is 1570. The van der Waals surface area contributed by atoms with Gasteiger partial charge >= 0.3 is 0 Å². The van der Waals surface area contributed by atoms with Gasteiger partial charge in [0.15, 0.2) is 0 Å². The second-order valence-electron chi connectivity index (χ2n) is 8.01. The van der Waals surface area contributed by atoms with Gasteiger partial charge in [0, 0.05) is 11.8 Å². The van der Waals surface area contributed by atoms with Gasteiger partial charge in [-0.05, 0) is 73.9 Å². The molecule has 196 valence electrons. The van der Waals surface area contributed by atoms with Crippen LogP contribution in [0, 0.1) is 13.8 Å². The van der Waals surface area contributed by atoms with Crippen molar-refractivity contribution in [3.8, 4) is 5.75 Å². The van der Waals surface area contributed by atoms with Crippen LogP contribution in [0.25, 0.3) is 0 Å². The van der Waals surface area contributed by atoms with Crippen LogP contribution < -0.4 is 10.5 Å². The lowest BCUT2D eigenvalue weighted by Gasteiger charge is -2.09. The Labute approximate surface area is 214 Å². The maximum absolute atomic E-state index is 11.3. The fraction of sp³-hybridized carbons (Fsp3) is 0.217. The number of rotatable bonds is 10. The zero-order valence-electron chi connectivity index (χ0n) is 19.9. The summed E-state index contributed by atoms with van der Waals surface area (Å²) in [5.41, 5.74) is 9.65. The SMILES string of the molecule is Cc1cc(N=Nc2ccc(N=Nc3cccc(S(=O)(=O)O)c3)cc2OCCCS(=O)(=O)O)c(C)cc1N. The van der Waals surface area contributed by atoms with Crippen LogP contribution in [0.3, 0.4) is 0 Å². The monoisotopic (exact) mass is 547 g/mol. The van der Waals surface area contributed by atoms with E-state index in [1.807, 2.05) is 13.8 Å². The molecule has 0 amide bonds. The zero-order chi connectivity index (χ0) is 27.2. The van der Waals surface area contributed by atoms with Crippen molar-refractivity contribution < 1.29 is 30.7 Å². The van der Waals surface area contributed by atoms with E-state index in [1.54, 1.807) is 24.3 Å². The fourth-order valence-corrected chi connectivity index (χ4v) is 4.05. The molecule has 4 N–H and O–H groups in total. The number of benzene rings is 3. The van der Waals surface area contributed by atoms with E-state index in [0.29, 0.717) is 22.7 Å². The van der Waals surface area contributed by atoms with E-state index in [-0.39, 0.29) is 29.4 Å². The first-order chi connectivity index (χ1) is 17.3. The molecule has 14 heteroatoms. The minimum absolute atomic E-state index is 0.0276. The van der Waals surface area contributed by atoms with Crippen LogP contribution in [0.4, 0.5) is 28.4 Å². The van der Waals surface area contributed by atoms with Crippen LogP contribution in [0.2, 0.25) is 0 Å². The summed E-state index contributed by atoms with van der Waals surface area (Å²) in [7, 11) is -8.53. The lowest BCUT2D eigenvalue weighted by Crippen LogP contribution is -2.08.